The fraction of sp³-hybridized carbons (Fsp3) is 0.538. The Morgan fingerprint density at radius 1 is 0.933 bits per heavy atom. The van der Waals surface area contributed by atoms with Crippen molar-refractivity contribution in [3.63, 3.8) is 0 Å². The lowest BCUT2D eigenvalue weighted by Crippen LogP contribution is -2.68. The smallest absolute Gasteiger partial charge is 0.261 e. The maximum Gasteiger partial charge on any atom is 0.261 e. The van der Waals surface area contributed by atoms with E-state index >= 15 is 0 Å². The van der Waals surface area contributed by atoms with E-state index in [-0.39, 0.29) is 16.1 Å². The monoisotopic (exact) mass is 423 g/mol. The Balaban J connectivity index is 1.56. The molecule has 30 heavy (non-hydrogen) atoms. The summed E-state index contributed by atoms with van der Waals surface area (Å²) in [5, 5.41) is 2.57. The van der Waals surface area contributed by atoms with Crippen molar-refractivity contribution in [2.75, 3.05) is 13.2 Å². The summed E-state index contributed by atoms with van der Waals surface area (Å²) in [6.07, 6.45) is 4.68. The minimum Gasteiger partial charge on any atom is -0.406 e. The van der Waals surface area contributed by atoms with Crippen LogP contribution in [0.5, 0.6) is 0 Å². The Morgan fingerprint density at radius 3 is 1.97 bits per heavy atom. The number of fused-ring (bicyclic) bond motifs is 2. The molecule has 3 fully saturated rings. The van der Waals surface area contributed by atoms with Crippen LogP contribution in [0.2, 0.25) is 5.04 Å². The Morgan fingerprint density at radius 2 is 1.47 bits per heavy atom. The summed E-state index contributed by atoms with van der Waals surface area (Å²) in [4.78, 5) is 2.53. The molecule has 2 aromatic carbocycles. The van der Waals surface area contributed by atoms with E-state index in [0.717, 1.165) is 6.42 Å². The molecule has 0 radical (unpaired) electrons. The molecule has 1 aliphatic carbocycles. The first-order valence-electron chi connectivity index (χ1n) is 11.5. The average Bonchev–Trinajstić information content (AvgIpc) is 3.37. The van der Waals surface area contributed by atoms with Crippen LogP contribution in [0.15, 0.2) is 60.7 Å². The SMILES string of the molecule is CC(C)(C)[Si](OC[C@@]12CCC3(CC3)N1C[C@H](F)C2)(c1ccccc1)c1ccccc1. The van der Waals surface area contributed by atoms with E-state index in [1.807, 2.05) is 0 Å². The van der Waals surface area contributed by atoms with Gasteiger partial charge in [0.25, 0.3) is 8.32 Å². The fourth-order valence-electron chi connectivity index (χ4n) is 6.39. The van der Waals surface area contributed by atoms with Gasteiger partial charge in [0.15, 0.2) is 0 Å². The molecule has 0 bridgehead atoms. The van der Waals surface area contributed by atoms with Crippen LogP contribution in [0.4, 0.5) is 4.39 Å². The summed E-state index contributed by atoms with van der Waals surface area (Å²) in [6.45, 7) is 8.20. The lowest BCUT2D eigenvalue weighted by molar-refractivity contribution is 0.0772. The quantitative estimate of drug-likeness (QED) is 0.648. The molecule has 2 nitrogen and oxygen atoms in total. The largest absolute Gasteiger partial charge is 0.406 e. The van der Waals surface area contributed by atoms with E-state index in [4.69, 9.17) is 4.43 Å². The van der Waals surface area contributed by atoms with E-state index in [2.05, 4.69) is 86.3 Å². The highest BCUT2D eigenvalue weighted by Gasteiger charge is 2.65. The van der Waals surface area contributed by atoms with E-state index in [9.17, 15) is 4.39 Å². The molecule has 4 heteroatoms. The predicted molar refractivity (Wildman–Crippen MR) is 124 cm³/mol. The summed E-state index contributed by atoms with van der Waals surface area (Å²) in [7, 11) is -2.58. The van der Waals surface area contributed by atoms with Crippen LogP contribution in [-0.4, -0.2) is 43.6 Å². The van der Waals surface area contributed by atoms with Crippen molar-refractivity contribution in [3.8, 4) is 0 Å². The Bertz CT molecular complexity index is 853. The lowest BCUT2D eigenvalue weighted by atomic mass is 9.95. The number of nitrogens with zero attached hydrogens (tertiary/aromatic N) is 1. The molecular weight excluding hydrogens is 389 g/mol. The minimum absolute atomic E-state index is 0.0409. The van der Waals surface area contributed by atoms with Gasteiger partial charge in [-0.2, -0.15) is 0 Å². The zero-order valence-corrected chi connectivity index (χ0v) is 19.5. The predicted octanol–water partition coefficient (Wildman–Crippen LogP) is 4.67. The van der Waals surface area contributed by atoms with Gasteiger partial charge < -0.3 is 4.43 Å². The normalized spacial score (nSPS) is 28.1. The standard InChI is InChI=1S/C26H34FNOSi/c1-24(2,3)30(22-10-6-4-7-11-22,23-12-8-5-9-13-23)29-20-26-17-16-25(14-15-25)28(26)19-21(27)18-26/h4-13,21H,14-20H2,1-3H3/t21-,26+/m1/s1. The van der Waals surface area contributed by atoms with E-state index in [1.54, 1.807) is 0 Å². The van der Waals surface area contributed by atoms with Crippen molar-refractivity contribution in [2.45, 2.75) is 75.2 Å². The molecule has 3 aliphatic rings. The number of halogens is 1. The van der Waals surface area contributed by atoms with Gasteiger partial charge in [-0.05, 0) is 41.1 Å². The van der Waals surface area contributed by atoms with Gasteiger partial charge in [-0.15, -0.1) is 0 Å². The number of hydrogen-bond donors (Lipinski definition) is 0. The van der Waals surface area contributed by atoms with Gasteiger partial charge in [-0.1, -0.05) is 81.4 Å². The van der Waals surface area contributed by atoms with Gasteiger partial charge in [-0.25, -0.2) is 4.39 Å². The second-order valence-corrected chi connectivity index (χ2v) is 15.1. The van der Waals surface area contributed by atoms with Gasteiger partial charge in [0, 0.05) is 24.0 Å². The van der Waals surface area contributed by atoms with Gasteiger partial charge in [0.2, 0.25) is 0 Å². The first-order valence-corrected chi connectivity index (χ1v) is 13.4. The third kappa shape index (κ3) is 3.02. The molecule has 2 saturated heterocycles. The van der Waals surface area contributed by atoms with Crippen molar-refractivity contribution in [3.05, 3.63) is 60.7 Å². The molecule has 0 N–H and O–H groups in total. The summed E-state index contributed by atoms with van der Waals surface area (Å²) in [5.41, 5.74) is 0.165. The molecule has 2 atom stereocenters. The van der Waals surface area contributed by atoms with Crippen LogP contribution in [0, 0.1) is 0 Å². The van der Waals surface area contributed by atoms with E-state index < -0.39 is 14.5 Å². The van der Waals surface area contributed by atoms with Gasteiger partial charge >= 0.3 is 0 Å². The van der Waals surface area contributed by atoms with Crippen LogP contribution in [0.3, 0.4) is 0 Å². The van der Waals surface area contributed by atoms with Crippen molar-refractivity contribution in [1.82, 2.24) is 4.90 Å². The van der Waals surface area contributed by atoms with Crippen LogP contribution in [-0.2, 0) is 4.43 Å². The second-order valence-electron chi connectivity index (χ2n) is 10.8. The minimum atomic E-state index is -2.58. The van der Waals surface area contributed by atoms with Crippen LogP contribution in [0.25, 0.3) is 0 Å². The summed E-state index contributed by atoms with van der Waals surface area (Å²) < 4.78 is 21.9. The average molecular weight is 424 g/mol. The second kappa shape index (κ2) is 7.01. The van der Waals surface area contributed by atoms with Crippen LogP contribution < -0.4 is 10.4 Å². The highest BCUT2D eigenvalue weighted by Crippen LogP contribution is 2.59. The zero-order valence-electron chi connectivity index (χ0n) is 18.5. The maximum atomic E-state index is 14.7. The Hall–Kier alpha value is -1.49. The number of alkyl halides is 1. The number of rotatable bonds is 5. The van der Waals surface area contributed by atoms with Crippen LogP contribution >= 0.6 is 0 Å². The topological polar surface area (TPSA) is 12.5 Å². The zero-order chi connectivity index (χ0) is 21.0. The summed E-state index contributed by atoms with van der Waals surface area (Å²) >= 11 is 0. The summed E-state index contributed by atoms with van der Waals surface area (Å²) in [5.74, 6) is 0. The highest BCUT2D eigenvalue weighted by molar-refractivity contribution is 6.99. The van der Waals surface area contributed by atoms with E-state index in [1.165, 1.54) is 29.6 Å². The number of hydrogen-bond acceptors (Lipinski definition) is 2. The first-order chi connectivity index (χ1) is 14.3. The lowest BCUT2D eigenvalue weighted by Gasteiger charge is -2.46. The molecule has 5 rings (SSSR count). The molecular formula is C26H34FNOSi. The van der Waals surface area contributed by atoms with Gasteiger partial charge in [-0.3, -0.25) is 4.90 Å². The molecule has 0 aromatic heterocycles. The summed E-state index contributed by atoms with van der Waals surface area (Å²) in [6, 6.07) is 21.6. The molecule has 2 heterocycles. The third-order valence-electron chi connectivity index (χ3n) is 7.98. The molecule has 1 spiro atoms. The molecule has 160 valence electrons. The van der Waals surface area contributed by atoms with Crippen LogP contribution in [0.1, 0.15) is 52.9 Å². The fourth-order valence-corrected chi connectivity index (χ4v) is 11.0. The van der Waals surface area contributed by atoms with Crippen molar-refractivity contribution in [2.24, 2.45) is 0 Å². The van der Waals surface area contributed by atoms with E-state index in [0.29, 0.717) is 19.6 Å². The molecule has 0 unspecified atom stereocenters. The van der Waals surface area contributed by atoms with Gasteiger partial charge in [0.05, 0.1) is 6.61 Å². The molecule has 2 aliphatic heterocycles. The highest BCUT2D eigenvalue weighted by atomic mass is 28.4. The Kier molecular flexibility index (Phi) is 4.77. The molecule has 1 saturated carbocycles. The molecule has 0 amide bonds. The first kappa shape index (κ1) is 20.4. The maximum absolute atomic E-state index is 14.7. The third-order valence-corrected chi connectivity index (χ3v) is 13.0. The molecule has 2 aromatic rings. The number of benzene rings is 2. The Labute approximate surface area is 181 Å². The van der Waals surface area contributed by atoms with Crippen molar-refractivity contribution in [1.29, 1.82) is 0 Å². The van der Waals surface area contributed by atoms with Gasteiger partial charge in [0.1, 0.15) is 6.17 Å². The van der Waals surface area contributed by atoms with Crippen molar-refractivity contribution >= 4 is 18.7 Å². The van der Waals surface area contributed by atoms with Crippen molar-refractivity contribution < 1.29 is 8.82 Å².